The minimum atomic E-state index is 0.00273. The highest BCUT2D eigenvalue weighted by molar-refractivity contribution is 6.30. The zero-order chi connectivity index (χ0) is 13.2. The van der Waals surface area contributed by atoms with Gasteiger partial charge >= 0.3 is 0 Å². The van der Waals surface area contributed by atoms with E-state index in [1.54, 1.807) is 7.11 Å². The number of piperidine rings is 1. The van der Waals surface area contributed by atoms with Crippen molar-refractivity contribution in [2.45, 2.75) is 18.3 Å². The lowest BCUT2D eigenvalue weighted by Gasteiger charge is -2.41. The molecule has 100 valence electrons. The third-order valence-electron chi connectivity index (χ3n) is 4.07. The van der Waals surface area contributed by atoms with Gasteiger partial charge in [0.25, 0.3) is 0 Å². The van der Waals surface area contributed by atoms with Crippen LogP contribution in [0.2, 0.25) is 5.02 Å². The molecule has 1 saturated heterocycles. The fourth-order valence-electron chi connectivity index (χ4n) is 2.72. The van der Waals surface area contributed by atoms with E-state index in [2.05, 4.69) is 11.9 Å². The fraction of sp³-hybridized carbons (Fsp3) is 0.571. The van der Waals surface area contributed by atoms with Crippen LogP contribution in [-0.2, 0) is 5.41 Å². The van der Waals surface area contributed by atoms with E-state index in [-0.39, 0.29) is 5.41 Å². The number of hydrogen-bond acceptors (Lipinski definition) is 3. The molecule has 1 aromatic rings. The second-order valence-electron chi connectivity index (χ2n) is 5.13. The van der Waals surface area contributed by atoms with Crippen LogP contribution in [0.5, 0.6) is 5.75 Å². The number of ether oxygens (including phenoxy) is 1. The maximum absolute atomic E-state index is 6.13. The average molecular weight is 269 g/mol. The van der Waals surface area contributed by atoms with E-state index < -0.39 is 0 Å². The van der Waals surface area contributed by atoms with E-state index >= 15 is 0 Å². The second-order valence-corrected chi connectivity index (χ2v) is 5.57. The first-order chi connectivity index (χ1) is 8.61. The molecular weight excluding hydrogens is 248 g/mol. The van der Waals surface area contributed by atoms with E-state index in [1.807, 2.05) is 18.2 Å². The molecule has 1 heterocycles. The summed E-state index contributed by atoms with van der Waals surface area (Å²) in [5, 5.41) is 0.748. The molecule has 0 atom stereocenters. The van der Waals surface area contributed by atoms with E-state index in [1.165, 1.54) is 0 Å². The molecule has 0 aliphatic carbocycles. The van der Waals surface area contributed by atoms with Gasteiger partial charge < -0.3 is 15.4 Å². The van der Waals surface area contributed by atoms with Crippen molar-refractivity contribution in [2.75, 3.05) is 33.8 Å². The molecule has 3 nitrogen and oxygen atoms in total. The van der Waals surface area contributed by atoms with Gasteiger partial charge in [0.1, 0.15) is 5.75 Å². The Labute approximate surface area is 114 Å². The topological polar surface area (TPSA) is 38.5 Å². The Morgan fingerprint density at radius 1 is 1.39 bits per heavy atom. The first-order valence-corrected chi connectivity index (χ1v) is 6.72. The van der Waals surface area contributed by atoms with Crippen molar-refractivity contribution < 1.29 is 4.74 Å². The van der Waals surface area contributed by atoms with Crippen LogP contribution >= 0.6 is 11.6 Å². The Morgan fingerprint density at radius 2 is 2.06 bits per heavy atom. The molecule has 0 aromatic heterocycles. The fourth-order valence-corrected chi connectivity index (χ4v) is 2.90. The molecule has 4 heteroatoms. The van der Waals surface area contributed by atoms with Crippen LogP contribution in [0.4, 0.5) is 0 Å². The number of rotatable bonds is 3. The lowest BCUT2D eigenvalue weighted by Crippen LogP contribution is -2.45. The summed E-state index contributed by atoms with van der Waals surface area (Å²) >= 11 is 6.13. The van der Waals surface area contributed by atoms with Crippen molar-refractivity contribution in [1.29, 1.82) is 0 Å². The monoisotopic (exact) mass is 268 g/mol. The van der Waals surface area contributed by atoms with Crippen molar-refractivity contribution in [1.82, 2.24) is 4.90 Å². The van der Waals surface area contributed by atoms with Crippen molar-refractivity contribution in [3.63, 3.8) is 0 Å². The number of nitrogens with zero attached hydrogens (tertiary/aromatic N) is 1. The molecule has 0 amide bonds. The lowest BCUT2D eigenvalue weighted by molar-refractivity contribution is 0.188. The number of likely N-dealkylation sites (tertiary alicyclic amines) is 1. The molecule has 1 aliphatic rings. The van der Waals surface area contributed by atoms with Crippen LogP contribution in [0, 0.1) is 0 Å². The van der Waals surface area contributed by atoms with E-state index in [4.69, 9.17) is 22.1 Å². The van der Waals surface area contributed by atoms with Gasteiger partial charge in [0.05, 0.1) is 7.11 Å². The van der Waals surface area contributed by atoms with Gasteiger partial charge in [0, 0.05) is 22.5 Å². The van der Waals surface area contributed by atoms with Crippen LogP contribution < -0.4 is 10.5 Å². The van der Waals surface area contributed by atoms with Crippen LogP contribution in [-0.4, -0.2) is 38.7 Å². The van der Waals surface area contributed by atoms with Crippen molar-refractivity contribution in [3.8, 4) is 5.75 Å². The minimum absolute atomic E-state index is 0.00273. The predicted octanol–water partition coefficient (Wildman–Crippen LogP) is 2.27. The van der Waals surface area contributed by atoms with Crippen LogP contribution in [0.3, 0.4) is 0 Å². The van der Waals surface area contributed by atoms with Gasteiger partial charge in [-0.05, 0) is 51.2 Å². The van der Waals surface area contributed by atoms with Crippen molar-refractivity contribution in [2.24, 2.45) is 5.73 Å². The third kappa shape index (κ3) is 2.48. The zero-order valence-corrected chi connectivity index (χ0v) is 11.8. The van der Waals surface area contributed by atoms with Crippen LogP contribution in [0.25, 0.3) is 0 Å². The summed E-state index contributed by atoms with van der Waals surface area (Å²) in [6.07, 6.45) is 2.10. The Hall–Kier alpha value is -0.770. The van der Waals surface area contributed by atoms with Crippen molar-refractivity contribution >= 4 is 11.6 Å². The summed E-state index contributed by atoms with van der Waals surface area (Å²) < 4.78 is 5.48. The first-order valence-electron chi connectivity index (χ1n) is 6.34. The number of hydrogen-bond donors (Lipinski definition) is 1. The molecule has 1 aromatic carbocycles. The Balaban J connectivity index is 2.40. The average Bonchev–Trinajstić information content (AvgIpc) is 2.40. The van der Waals surface area contributed by atoms with Gasteiger partial charge in [0.2, 0.25) is 0 Å². The number of methoxy groups -OCH3 is 1. The first kappa shape index (κ1) is 13.7. The zero-order valence-electron chi connectivity index (χ0n) is 11.1. The summed E-state index contributed by atoms with van der Waals surface area (Å²) in [4.78, 5) is 2.34. The predicted molar refractivity (Wildman–Crippen MR) is 75.5 cm³/mol. The molecule has 0 bridgehead atoms. The molecular formula is C14H21ClN2O. The van der Waals surface area contributed by atoms with E-state index in [0.717, 1.165) is 42.3 Å². The van der Waals surface area contributed by atoms with E-state index in [0.29, 0.717) is 6.54 Å². The van der Waals surface area contributed by atoms with Crippen LogP contribution in [0.1, 0.15) is 18.4 Å². The molecule has 0 saturated carbocycles. The number of halogens is 1. The smallest absolute Gasteiger partial charge is 0.122 e. The molecule has 2 rings (SSSR count). The molecule has 1 fully saturated rings. The number of benzene rings is 1. The summed E-state index contributed by atoms with van der Waals surface area (Å²) in [6.45, 7) is 2.76. The largest absolute Gasteiger partial charge is 0.496 e. The molecule has 18 heavy (non-hydrogen) atoms. The number of nitrogens with two attached hydrogens (primary N) is 1. The second kappa shape index (κ2) is 5.47. The normalized spacial score (nSPS) is 19.8. The molecule has 2 N–H and O–H groups in total. The van der Waals surface area contributed by atoms with Gasteiger partial charge in [-0.1, -0.05) is 11.6 Å². The highest BCUT2D eigenvalue weighted by atomic mass is 35.5. The maximum Gasteiger partial charge on any atom is 0.122 e. The quantitative estimate of drug-likeness (QED) is 0.914. The lowest BCUT2D eigenvalue weighted by atomic mass is 9.72. The highest BCUT2D eigenvalue weighted by Crippen LogP contribution is 2.40. The summed E-state index contributed by atoms with van der Waals surface area (Å²) in [6, 6.07) is 5.81. The maximum atomic E-state index is 6.13. The van der Waals surface area contributed by atoms with Gasteiger partial charge in [0.15, 0.2) is 0 Å². The SMILES string of the molecule is COc1ccc(Cl)cc1C1(CN)CCN(C)CC1. The van der Waals surface area contributed by atoms with Gasteiger partial charge in [-0.15, -0.1) is 0 Å². The van der Waals surface area contributed by atoms with Gasteiger partial charge in [-0.3, -0.25) is 0 Å². The van der Waals surface area contributed by atoms with Crippen LogP contribution in [0.15, 0.2) is 18.2 Å². The Bertz CT molecular complexity index is 414. The Morgan fingerprint density at radius 3 is 2.61 bits per heavy atom. The molecule has 1 aliphatic heterocycles. The van der Waals surface area contributed by atoms with Gasteiger partial charge in [-0.2, -0.15) is 0 Å². The van der Waals surface area contributed by atoms with Gasteiger partial charge in [-0.25, -0.2) is 0 Å². The molecule has 0 radical (unpaired) electrons. The Kier molecular flexibility index (Phi) is 4.15. The minimum Gasteiger partial charge on any atom is -0.496 e. The summed E-state index contributed by atoms with van der Waals surface area (Å²) in [5.74, 6) is 0.898. The van der Waals surface area contributed by atoms with E-state index in [9.17, 15) is 0 Å². The molecule has 0 unspecified atom stereocenters. The third-order valence-corrected chi connectivity index (χ3v) is 4.30. The standard InChI is InChI=1S/C14H21ClN2O/c1-17-7-5-14(10-16,6-8-17)12-9-11(15)3-4-13(12)18-2/h3-4,9H,5-8,10,16H2,1-2H3. The van der Waals surface area contributed by atoms with Crippen molar-refractivity contribution in [3.05, 3.63) is 28.8 Å². The summed E-state index contributed by atoms with van der Waals surface area (Å²) in [7, 11) is 3.85. The summed E-state index contributed by atoms with van der Waals surface area (Å²) in [5.41, 5.74) is 7.24. The molecule has 0 spiro atoms. The highest BCUT2D eigenvalue weighted by Gasteiger charge is 2.36.